The molecule has 4 heteroatoms. The number of carbonyl (C=O) groups excluding carboxylic acids is 1. The van der Waals surface area contributed by atoms with Gasteiger partial charge >= 0.3 is 0 Å². The van der Waals surface area contributed by atoms with Gasteiger partial charge in [-0.05, 0) is 50.9 Å². The van der Waals surface area contributed by atoms with Gasteiger partial charge in [0.2, 0.25) is 0 Å². The van der Waals surface area contributed by atoms with Gasteiger partial charge in [-0.1, -0.05) is 0 Å². The third-order valence-electron chi connectivity index (χ3n) is 5.02. The molecule has 2 saturated carbocycles. The van der Waals surface area contributed by atoms with Crippen LogP contribution in [0.5, 0.6) is 0 Å². The van der Waals surface area contributed by atoms with Crippen LogP contribution in [0.2, 0.25) is 0 Å². The van der Waals surface area contributed by atoms with Crippen molar-refractivity contribution in [2.24, 2.45) is 16.1 Å². The van der Waals surface area contributed by atoms with Crippen LogP contribution < -0.4 is 5.73 Å². The molecule has 2 fully saturated rings. The molecule has 2 aliphatic carbocycles. The van der Waals surface area contributed by atoms with Gasteiger partial charge in [-0.25, -0.2) is 0 Å². The van der Waals surface area contributed by atoms with Crippen LogP contribution in [0, 0.1) is 5.41 Å². The molecule has 94 valence electrons. The van der Waals surface area contributed by atoms with Gasteiger partial charge in [0.25, 0.3) is 5.91 Å². The molecule has 17 heavy (non-hydrogen) atoms. The van der Waals surface area contributed by atoms with E-state index in [4.69, 9.17) is 5.73 Å². The number of nitrogens with two attached hydrogens (primary N) is 1. The lowest BCUT2D eigenvalue weighted by Gasteiger charge is -2.57. The molecule has 2 spiro atoms. The second kappa shape index (κ2) is 3.31. The Morgan fingerprint density at radius 3 is 2.41 bits per heavy atom. The van der Waals surface area contributed by atoms with Crippen LogP contribution in [-0.4, -0.2) is 35.3 Å². The van der Waals surface area contributed by atoms with Crippen molar-refractivity contribution < 1.29 is 4.79 Å². The van der Waals surface area contributed by atoms with Gasteiger partial charge in [-0.15, -0.1) is 0 Å². The predicted molar refractivity (Wildman–Crippen MR) is 66.7 cm³/mol. The molecular formula is C13H21N3O. The first-order chi connectivity index (χ1) is 7.96. The fraction of sp³-hybridized carbons (Fsp3) is 0.846. The number of nitrogens with zero attached hydrogens (tertiary/aromatic N) is 2. The molecule has 4 nitrogen and oxygen atoms in total. The van der Waals surface area contributed by atoms with Gasteiger partial charge in [-0.2, -0.15) is 0 Å². The summed E-state index contributed by atoms with van der Waals surface area (Å²) in [7, 11) is 1.89. The van der Waals surface area contributed by atoms with Crippen molar-refractivity contribution in [3.63, 3.8) is 0 Å². The second-order valence-corrected chi connectivity index (χ2v) is 6.23. The Morgan fingerprint density at radius 1 is 1.35 bits per heavy atom. The standard InChI is InChI=1S/C13H21N3O/c1-9-11(17)16(2)13(15-9)7-12(8-13)5-3-10(14)4-6-12/h10H,3-8,14H2,1-2H3. The van der Waals surface area contributed by atoms with Crippen LogP contribution in [0.4, 0.5) is 0 Å². The summed E-state index contributed by atoms with van der Waals surface area (Å²) in [5.41, 5.74) is 6.87. The van der Waals surface area contributed by atoms with E-state index in [2.05, 4.69) is 4.99 Å². The SMILES string of the molecule is CC1=NC2(CC3(CCC(N)CC3)C2)N(C)C1=O. The number of hydrogen-bond acceptors (Lipinski definition) is 3. The van der Waals surface area contributed by atoms with Crippen molar-refractivity contribution in [1.29, 1.82) is 0 Å². The zero-order chi connectivity index (χ0) is 12.3. The zero-order valence-electron chi connectivity index (χ0n) is 10.7. The monoisotopic (exact) mass is 235 g/mol. The molecule has 0 radical (unpaired) electrons. The van der Waals surface area contributed by atoms with Gasteiger partial charge in [0.15, 0.2) is 0 Å². The second-order valence-electron chi connectivity index (χ2n) is 6.23. The highest BCUT2D eigenvalue weighted by molar-refractivity contribution is 6.39. The highest BCUT2D eigenvalue weighted by atomic mass is 16.2. The molecule has 1 heterocycles. The molecule has 2 N–H and O–H groups in total. The van der Waals surface area contributed by atoms with Crippen LogP contribution in [0.1, 0.15) is 45.4 Å². The number of rotatable bonds is 0. The maximum atomic E-state index is 11.8. The average molecular weight is 235 g/mol. The van der Waals surface area contributed by atoms with Crippen LogP contribution in [0.25, 0.3) is 0 Å². The Bertz CT molecular complexity index is 385. The third kappa shape index (κ3) is 1.46. The highest BCUT2D eigenvalue weighted by Gasteiger charge is 2.60. The van der Waals surface area contributed by atoms with Crippen molar-refractivity contribution in [2.45, 2.75) is 57.2 Å². The Hall–Kier alpha value is -0.900. The Labute approximate surface area is 102 Å². The van der Waals surface area contributed by atoms with Crippen LogP contribution >= 0.6 is 0 Å². The quantitative estimate of drug-likeness (QED) is 0.688. The smallest absolute Gasteiger partial charge is 0.269 e. The third-order valence-corrected chi connectivity index (χ3v) is 5.02. The minimum Gasteiger partial charge on any atom is -0.328 e. The maximum absolute atomic E-state index is 11.8. The van der Waals surface area contributed by atoms with E-state index in [1.807, 2.05) is 18.9 Å². The van der Waals surface area contributed by atoms with E-state index in [1.165, 1.54) is 12.8 Å². The highest BCUT2D eigenvalue weighted by Crippen LogP contribution is 2.60. The van der Waals surface area contributed by atoms with Gasteiger partial charge in [-0.3, -0.25) is 9.79 Å². The molecule has 0 bridgehead atoms. The molecule has 0 atom stereocenters. The molecule has 0 aromatic heterocycles. The zero-order valence-corrected chi connectivity index (χ0v) is 10.7. The number of hydrogen-bond donors (Lipinski definition) is 1. The summed E-state index contributed by atoms with van der Waals surface area (Å²) < 4.78 is 0. The number of aliphatic imine (C=N–C) groups is 1. The molecule has 3 aliphatic rings. The molecule has 3 rings (SSSR count). The van der Waals surface area contributed by atoms with Crippen LogP contribution in [0.15, 0.2) is 4.99 Å². The Morgan fingerprint density at radius 2 is 1.94 bits per heavy atom. The normalized spacial score (nSPS) is 45.4. The first kappa shape index (κ1) is 11.2. The van der Waals surface area contributed by atoms with Crippen molar-refractivity contribution in [3.8, 4) is 0 Å². The lowest BCUT2D eigenvalue weighted by Crippen LogP contribution is -2.60. The summed E-state index contributed by atoms with van der Waals surface area (Å²) >= 11 is 0. The first-order valence-corrected chi connectivity index (χ1v) is 6.57. The van der Waals surface area contributed by atoms with Gasteiger partial charge in [0.1, 0.15) is 5.66 Å². The molecule has 0 aromatic rings. The molecule has 1 amide bonds. The van der Waals surface area contributed by atoms with E-state index >= 15 is 0 Å². The van der Waals surface area contributed by atoms with E-state index in [0.29, 0.717) is 17.2 Å². The predicted octanol–water partition coefficient (Wildman–Crippen LogP) is 1.30. The fourth-order valence-electron chi connectivity index (χ4n) is 3.94. The Balaban J connectivity index is 1.74. The van der Waals surface area contributed by atoms with E-state index < -0.39 is 0 Å². The minimum atomic E-state index is -0.192. The molecule has 0 unspecified atom stereocenters. The van der Waals surface area contributed by atoms with E-state index in [1.54, 1.807) is 0 Å². The van der Waals surface area contributed by atoms with Crippen LogP contribution in [0.3, 0.4) is 0 Å². The molecule has 1 aliphatic heterocycles. The van der Waals surface area contributed by atoms with Gasteiger partial charge < -0.3 is 10.6 Å². The summed E-state index contributed by atoms with van der Waals surface area (Å²) in [4.78, 5) is 18.3. The first-order valence-electron chi connectivity index (χ1n) is 6.57. The van der Waals surface area contributed by atoms with E-state index in [-0.39, 0.29) is 11.6 Å². The van der Waals surface area contributed by atoms with Gasteiger partial charge in [0.05, 0.1) is 5.71 Å². The lowest BCUT2D eigenvalue weighted by atomic mass is 9.54. The molecule has 0 saturated heterocycles. The number of amides is 1. The summed E-state index contributed by atoms with van der Waals surface area (Å²) in [5, 5.41) is 0. The Kier molecular flexibility index (Phi) is 2.18. The summed E-state index contributed by atoms with van der Waals surface area (Å²) in [5.74, 6) is 0.104. The van der Waals surface area contributed by atoms with E-state index in [9.17, 15) is 4.79 Å². The fourth-order valence-corrected chi connectivity index (χ4v) is 3.94. The largest absolute Gasteiger partial charge is 0.328 e. The van der Waals surface area contributed by atoms with Crippen LogP contribution in [-0.2, 0) is 4.79 Å². The van der Waals surface area contributed by atoms with Crippen molar-refractivity contribution in [1.82, 2.24) is 4.90 Å². The molecule has 0 aromatic carbocycles. The maximum Gasteiger partial charge on any atom is 0.269 e. The van der Waals surface area contributed by atoms with E-state index in [0.717, 1.165) is 25.7 Å². The molecular weight excluding hydrogens is 214 g/mol. The summed E-state index contributed by atoms with van der Waals surface area (Å²) in [6.07, 6.45) is 6.80. The topological polar surface area (TPSA) is 58.7 Å². The summed E-state index contributed by atoms with van der Waals surface area (Å²) in [6, 6.07) is 0.394. The summed E-state index contributed by atoms with van der Waals surface area (Å²) in [6.45, 7) is 1.83. The van der Waals surface area contributed by atoms with Gasteiger partial charge in [0, 0.05) is 13.1 Å². The number of carbonyl (C=O) groups is 1. The minimum absolute atomic E-state index is 0.104. The van der Waals surface area contributed by atoms with Crippen molar-refractivity contribution >= 4 is 11.6 Å². The van der Waals surface area contributed by atoms with Crippen molar-refractivity contribution in [2.75, 3.05) is 7.05 Å². The lowest BCUT2D eigenvalue weighted by molar-refractivity contribution is -0.138. The van der Waals surface area contributed by atoms with Crippen molar-refractivity contribution in [3.05, 3.63) is 0 Å². The average Bonchev–Trinajstić information content (AvgIpc) is 2.47.